The maximum Gasteiger partial charge on any atom is 0.320 e. The van der Waals surface area contributed by atoms with Crippen molar-refractivity contribution in [2.24, 2.45) is 5.73 Å². The summed E-state index contributed by atoms with van der Waals surface area (Å²) in [6.45, 7) is 0. The maximum atomic E-state index is 9.88. The number of rotatable bonds is 3. The van der Waals surface area contributed by atoms with Gasteiger partial charge in [0.25, 0.3) is 0 Å². The SMILES string of the molecule is [2H]C(=O)CC(N)C(=O)O. The fraction of sp³-hybridized carbons (Fsp3) is 0.500. The molecule has 46 valence electrons. The molecule has 0 bridgehead atoms. The first kappa shape index (κ1) is 5.24. The highest BCUT2D eigenvalue weighted by molar-refractivity contribution is 5.76. The summed E-state index contributed by atoms with van der Waals surface area (Å²) in [4.78, 5) is 19.8. The van der Waals surface area contributed by atoms with Crippen LogP contribution in [0, 0.1) is 0 Å². The van der Waals surface area contributed by atoms with Gasteiger partial charge in [0.05, 0.1) is 0 Å². The summed E-state index contributed by atoms with van der Waals surface area (Å²) in [5, 5.41) is 8.07. The van der Waals surface area contributed by atoms with Crippen LogP contribution in [0.15, 0.2) is 0 Å². The monoisotopic (exact) mass is 118 g/mol. The van der Waals surface area contributed by atoms with Crippen molar-refractivity contribution >= 4 is 12.2 Å². The number of aliphatic carboxylic acids is 1. The van der Waals surface area contributed by atoms with Crippen LogP contribution in [0.3, 0.4) is 0 Å². The number of carbonyl (C=O) groups is 2. The van der Waals surface area contributed by atoms with Gasteiger partial charge in [-0.25, -0.2) is 0 Å². The lowest BCUT2D eigenvalue weighted by atomic mass is 10.2. The van der Waals surface area contributed by atoms with Crippen LogP contribution < -0.4 is 5.73 Å². The molecule has 4 nitrogen and oxygen atoms in total. The van der Waals surface area contributed by atoms with E-state index in [0.717, 1.165) is 0 Å². The molecule has 0 heterocycles. The van der Waals surface area contributed by atoms with Crippen molar-refractivity contribution in [3.63, 3.8) is 0 Å². The fourth-order valence-corrected chi connectivity index (χ4v) is 0.177. The number of hydrogen-bond donors (Lipinski definition) is 2. The largest absolute Gasteiger partial charge is 0.480 e. The standard InChI is InChI=1S/C4H7NO3/c5-3(1-2-6)4(7)8/h2-3H,1,5H2,(H,7,8)/i2D. The highest BCUT2D eigenvalue weighted by atomic mass is 16.4. The first-order chi connectivity index (χ1) is 4.04. The Morgan fingerprint density at radius 2 is 2.62 bits per heavy atom. The highest BCUT2D eigenvalue weighted by Gasteiger charge is 2.08. The lowest BCUT2D eigenvalue weighted by Crippen LogP contribution is -2.30. The van der Waals surface area contributed by atoms with Gasteiger partial charge in [0.1, 0.15) is 13.7 Å². The van der Waals surface area contributed by atoms with Crippen molar-refractivity contribution in [3.05, 3.63) is 0 Å². The molecule has 0 aromatic heterocycles. The van der Waals surface area contributed by atoms with Crippen molar-refractivity contribution in [3.8, 4) is 0 Å². The molecule has 4 heteroatoms. The van der Waals surface area contributed by atoms with Crippen molar-refractivity contribution in [1.29, 1.82) is 0 Å². The summed E-state index contributed by atoms with van der Waals surface area (Å²) in [6.07, 6.45) is -1.38. The minimum atomic E-state index is -1.25. The van der Waals surface area contributed by atoms with Crippen LogP contribution >= 0.6 is 0 Å². The second-order valence-electron chi connectivity index (χ2n) is 1.29. The zero-order valence-electron chi connectivity index (χ0n) is 5.13. The average Bonchev–Trinajstić information content (AvgIpc) is 1.63. The third kappa shape index (κ3) is 2.30. The molecule has 0 aromatic rings. The molecule has 0 aromatic carbocycles. The van der Waals surface area contributed by atoms with Gasteiger partial charge in [-0.2, -0.15) is 0 Å². The Hall–Kier alpha value is -0.900. The molecule has 0 amide bonds. The van der Waals surface area contributed by atoms with Crippen LogP contribution in [-0.2, 0) is 9.59 Å². The second-order valence-corrected chi connectivity index (χ2v) is 1.29. The quantitative estimate of drug-likeness (QED) is 0.465. The van der Waals surface area contributed by atoms with Gasteiger partial charge < -0.3 is 15.6 Å². The molecular formula is C4H7NO3. The maximum absolute atomic E-state index is 9.88. The molecule has 0 aliphatic heterocycles. The Bertz CT molecular complexity index is 136. The van der Waals surface area contributed by atoms with Gasteiger partial charge in [-0.1, -0.05) is 0 Å². The molecule has 1 unspecified atom stereocenters. The van der Waals surface area contributed by atoms with E-state index in [0.29, 0.717) is 0 Å². The molecule has 0 saturated carbocycles. The molecule has 0 saturated heterocycles. The lowest BCUT2D eigenvalue weighted by molar-refractivity contribution is -0.139. The van der Waals surface area contributed by atoms with Crippen LogP contribution in [0.4, 0.5) is 0 Å². The predicted octanol–water partition coefficient (Wildman–Crippen LogP) is -1.01. The molecule has 0 aliphatic carbocycles. The zero-order chi connectivity index (χ0) is 7.44. The molecule has 8 heavy (non-hydrogen) atoms. The van der Waals surface area contributed by atoms with E-state index in [1.807, 2.05) is 0 Å². The minimum Gasteiger partial charge on any atom is -0.480 e. The molecule has 0 fully saturated rings. The van der Waals surface area contributed by atoms with Gasteiger partial charge in [-0.05, 0) is 0 Å². The number of hydrogen-bond acceptors (Lipinski definition) is 3. The van der Waals surface area contributed by atoms with E-state index >= 15 is 0 Å². The van der Waals surface area contributed by atoms with Crippen molar-refractivity contribution < 1.29 is 16.1 Å². The van der Waals surface area contributed by atoms with Crippen molar-refractivity contribution in [1.82, 2.24) is 0 Å². The summed E-state index contributed by atoms with van der Waals surface area (Å²) in [7, 11) is 0. The average molecular weight is 118 g/mol. The van der Waals surface area contributed by atoms with Crippen LogP contribution in [0.2, 0.25) is 0 Å². The highest BCUT2D eigenvalue weighted by Crippen LogP contribution is 1.80. The molecule has 3 N–H and O–H groups in total. The van der Waals surface area contributed by atoms with E-state index in [1.165, 1.54) is 0 Å². The summed E-state index contributed by atoms with van der Waals surface area (Å²) in [6, 6.07) is -1.23. The van der Waals surface area contributed by atoms with Gasteiger partial charge in [0.2, 0.25) is 0 Å². The summed E-state index contributed by atoms with van der Waals surface area (Å²) < 4.78 is 6.32. The third-order valence-electron chi connectivity index (χ3n) is 0.620. The Kier molecular flexibility index (Phi) is 2.06. The minimum absolute atomic E-state index is 0.421. The van der Waals surface area contributed by atoms with E-state index in [1.54, 1.807) is 0 Å². The number of carboxylic acid groups (broad SMARTS) is 1. The fourth-order valence-electron chi connectivity index (χ4n) is 0.177. The third-order valence-corrected chi connectivity index (χ3v) is 0.620. The predicted molar refractivity (Wildman–Crippen MR) is 26.3 cm³/mol. The molecule has 0 rings (SSSR count). The molecular weight excluding hydrogens is 110 g/mol. The van der Waals surface area contributed by atoms with Gasteiger partial charge in [-0.15, -0.1) is 0 Å². The topological polar surface area (TPSA) is 80.4 Å². The Labute approximate surface area is 47.7 Å². The van der Waals surface area contributed by atoms with Gasteiger partial charge >= 0.3 is 5.97 Å². The van der Waals surface area contributed by atoms with E-state index in [2.05, 4.69) is 0 Å². The van der Waals surface area contributed by atoms with Gasteiger partial charge in [0, 0.05) is 6.42 Å². The van der Waals surface area contributed by atoms with E-state index in [-0.39, 0.29) is 0 Å². The van der Waals surface area contributed by atoms with Crippen LogP contribution in [-0.4, -0.2) is 23.4 Å². The van der Waals surface area contributed by atoms with Crippen molar-refractivity contribution in [2.75, 3.05) is 0 Å². The van der Waals surface area contributed by atoms with Crippen LogP contribution in [0.1, 0.15) is 7.79 Å². The summed E-state index contributed by atoms with van der Waals surface area (Å²) in [5.41, 5.74) is 4.88. The van der Waals surface area contributed by atoms with Crippen LogP contribution in [0.25, 0.3) is 0 Å². The molecule has 0 spiro atoms. The van der Waals surface area contributed by atoms with E-state index < -0.39 is 24.7 Å². The zero-order valence-corrected chi connectivity index (χ0v) is 4.13. The Morgan fingerprint density at radius 3 is 2.75 bits per heavy atom. The molecule has 1 atom stereocenters. The first-order valence-corrected chi connectivity index (χ1v) is 2.02. The normalized spacial score (nSPS) is 14.4. The van der Waals surface area contributed by atoms with Crippen molar-refractivity contribution in [2.45, 2.75) is 12.5 Å². The number of carbonyl (C=O) groups excluding carboxylic acids is 1. The molecule has 0 aliphatic rings. The Balaban J connectivity index is 3.63. The Morgan fingerprint density at radius 1 is 2.12 bits per heavy atom. The van der Waals surface area contributed by atoms with Gasteiger partial charge in [-0.3, -0.25) is 4.79 Å². The van der Waals surface area contributed by atoms with Gasteiger partial charge in [0.15, 0.2) is 0 Å². The lowest BCUT2D eigenvalue weighted by Gasteiger charge is -1.96. The molecule has 0 radical (unpaired) electrons. The summed E-state index contributed by atoms with van der Waals surface area (Å²) in [5.74, 6) is -1.25. The number of carboxylic acids is 1. The van der Waals surface area contributed by atoms with Crippen LogP contribution in [0.5, 0.6) is 0 Å². The first-order valence-electron chi connectivity index (χ1n) is 2.52. The van der Waals surface area contributed by atoms with E-state index in [4.69, 9.17) is 12.2 Å². The number of aldehydes is 1. The summed E-state index contributed by atoms with van der Waals surface area (Å²) >= 11 is 0. The second kappa shape index (κ2) is 3.15. The number of nitrogens with two attached hydrogens (primary N) is 1. The van der Waals surface area contributed by atoms with E-state index in [9.17, 15) is 9.59 Å². The smallest absolute Gasteiger partial charge is 0.320 e.